The molecule has 0 aliphatic heterocycles. The fourth-order valence-corrected chi connectivity index (χ4v) is 2.40. The molecule has 0 atom stereocenters. The van der Waals surface area contributed by atoms with E-state index < -0.39 is 20.2 Å². The van der Waals surface area contributed by atoms with Crippen molar-refractivity contribution in [3.8, 4) is 5.75 Å². The number of rotatable bonds is 6. The van der Waals surface area contributed by atoms with E-state index in [1.165, 1.54) is 6.07 Å². The molecule has 8 heteroatoms. The van der Waals surface area contributed by atoms with Gasteiger partial charge in [-0.05, 0) is 24.5 Å². The van der Waals surface area contributed by atoms with Gasteiger partial charge in [-0.25, -0.2) is 0 Å². The molecule has 0 aliphatic carbocycles. The van der Waals surface area contributed by atoms with Crippen LogP contribution in [0, 0.1) is 0 Å². The molecule has 18 heavy (non-hydrogen) atoms. The Morgan fingerprint density at radius 3 is 2.33 bits per heavy atom. The molecule has 1 rings (SSSR count). The summed E-state index contributed by atoms with van der Waals surface area (Å²) in [5, 5.41) is 0. The van der Waals surface area contributed by atoms with Gasteiger partial charge in [0.15, 0.2) is 0 Å². The molecule has 1 aromatic rings. The number of hydrogen-bond donors (Lipinski definition) is 1. The lowest BCUT2D eigenvalue weighted by Crippen LogP contribution is -2.09. The lowest BCUT2D eigenvalue weighted by molar-refractivity contribution is 0.478. The molecular weight excluding hydrogens is 280 g/mol. The Kier molecular flexibility index (Phi) is 4.71. The standard InChI is InChI=1S/C10H14O6S2/c1-17(11,12)16-10-7-3-2-5-9(10)6-4-8-18(13,14)15/h2-3,5,7H,4,6,8H2,1H3,(H,13,14,15). The summed E-state index contributed by atoms with van der Waals surface area (Å²) in [6.45, 7) is 0. The third-order valence-corrected chi connectivity index (χ3v) is 3.35. The molecule has 0 heterocycles. The van der Waals surface area contributed by atoms with E-state index in [9.17, 15) is 16.8 Å². The van der Waals surface area contributed by atoms with Gasteiger partial charge in [0.1, 0.15) is 5.75 Å². The fourth-order valence-electron chi connectivity index (χ4n) is 1.40. The van der Waals surface area contributed by atoms with Gasteiger partial charge in [0.25, 0.3) is 10.1 Å². The lowest BCUT2D eigenvalue weighted by atomic mass is 10.1. The highest BCUT2D eigenvalue weighted by Gasteiger charge is 2.10. The molecule has 0 saturated carbocycles. The van der Waals surface area contributed by atoms with Crippen LogP contribution in [0.3, 0.4) is 0 Å². The second-order valence-electron chi connectivity index (χ2n) is 3.78. The van der Waals surface area contributed by atoms with Crippen molar-refractivity contribution < 1.29 is 25.6 Å². The van der Waals surface area contributed by atoms with Crippen molar-refractivity contribution in [1.29, 1.82) is 0 Å². The summed E-state index contributed by atoms with van der Waals surface area (Å²) in [5.41, 5.74) is 0.576. The lowest BCUT2D eigenvalue weighted by Gasteiger charge is -2.08. The summed E-state index contributed by atoms with van der Waals surface area (Å²) in [5.74, 6) is -0.199. The Bertz CT molecular complexity index is 603. The van der Waals surface area contributed by atoms with Crippen LogP contribution < -0.4 is 4.18 Å². The molecule has 6 nitrogen and oxygen atoms in total. The van der Waals surface area contributed by atoms with Crippen LogP contribution in [0.2, 0.25) is 0 Å². The fraction of sp³-hybridized carbons (Fsp3) is 0.400. The molecule has 0 radical (unpaired) electrons. The highest BCUT2D eigenvalue weighted by molar-refractivity contribution is 7.86. The predicted molar refractivity (Wildman–Crippen MR) is 66.7 cm³/mol. The van der Waals surface area contributed by atoms with E-state index in [1.54, 1.807) is 18.2 Å². The number of para-hydroxylation sites is 1. The Morgan fingerprint density at radius 2 is 1.78 bits per heavy atom. The van der Waals surface area contributed by atoms with Gasteiger partial charge < -0.3 is 4.18 Å². The molecule has 0 bridgehead atoms. The molecule has 0 spiro atoms. The maximum absolute atomic E-state index is 11.0. The maximum Gasteiger partial charge on any atom is 0.306 e. The third kappa shape index (κ3) is 5.99. The highest BCUT2D eigenvalue weighted by Crippen LogP contribution is 2.21. The largest absolute Gasteiger partial charge is 0.382 e. The third-order valence-electron chi connectivity index (χ3n) is 2.06. The Hall–Kier alpha value is -1.12. The Balaban J connectivity index is 2.77. The second kappa shape index (κ2) is 5.68. The summed E-state index contributed by atoms with van der Waals surface area (Å²) < 4.78 is 56.6. The molecular formula is C10H14O6S2. The molecule has 1 aromatic carbocycles. The van der Waals surface area contributed by atoms with E-state index in [2.05, 4.69) is 0 Å². The second-order valence-corrected chi connectivity index (χ2v) is 6.93. The summed E-state index contributed by atoms with van der Waals surface area (Å²) in [6.07, 6.45) is 1.41. The summed E-state index contributed by atoms with van der Waals surface area (Å²) in [7, 11) is -7.62. The van der Waals surface area contributed by atoms with Crippen molar-refractivity contribution >= 4 is 20.2 Å². The van der Waals surface area contributed by atoms with Gasteiger partial charge in [0, 0.05) is 0 Å². The zero-order valence-corrected chi connectivity index (χ0v) is 11.4. The number of aryl methyl sites for hydroxylation is 1. The van der Waals surface area contributed by atoms with Crippen LogP contribution in [-0.4, -0.2) is 33.4 Å². The van der Waals surface area contributed by atoms with Crippen molar-refractivity contribution in [3.63, 3.8) is 0 Å². The minimum Gasteiger partial charge on any atom is -0.382 e. The van der Waals surface area contributed by atoms with Crippen LogP contribution >= 0.6 is 0 Å². The van der Waals surface area contributed by atoms with E-state index in [4.69, 9.17) is 8.74 Å². The van der Waals surface area contributed by atoms with E-state index in [-0.39, 0.29) is 17.9 Å². The Labute approximate surface area is 106 Å². The van der Waals surface area contributed by atoms with Crippen molar-refractivity contribution in [2.24, 2.45) is 0 Å². The monoisotopic (exact) mass is 294 g/mol. The molecule has 0 aromatic heterocycles. The van der Waals surface area contributed by atoms with E-state index >= 15 is 0 Å². The van der Waals surface area contributed by atoms with E-state index in [0.29, 0.717) is 12.0 Å². The van der Waals surface area contributed by atoms with Crippen LogP contribution in [0.25, 0.3) is 0 Å². The SMILES string of the molecule is CS(=O)(=O)Oc1ccccc1CCCS(=O)(=O)O. The van der Waals surface area contributed by atoms with Crippen LogP contribution in [-0.2, 0) is 26.7 Å². The zero-order chi connectivity index (χ0) is 13.8. The first-order valence-corrected chi connectivity index (χ1v) is 8.52. The average Bonchev–Trinajstić information content (AvgIpc) is 2.16. The first-order valence-electron chi connectivity index (χ1n) is 5.10. The summed E-state index contributed by atoms with van der Waals surface area (Å²) >= 11 is 0. The number of benzene rings is 1. The minimum absolute atomic E-state index is 0.176. The van der Waals surface area contributed by atoms with Crippen molar-refractivity contribution in [2.45, 2.75) is 12.8 Å². The van der Waals surface area contributed by atoms with Gasteiger partial charge in [-0.1, -0.05) is 18.2 Å². The molecule has 0 fully saturated rings. The van der Waals surface area contributed by atoms with Crippen LogP contribution in [0.1, 0.15) is 12.0 Å². The average molecular weight is 294 g/mol. The summed E-state index contributed by atoms with van der Waals surface area (Å²) in [6, 6.07) is 6.44. The molecule has 0 aliphatic rings. The van der Waals surface area contributed by atoms with Gasteiger partial charge in [-0.3, -0.25) is 4.55 Å². The van der Waals surface area contributed by atoms with Gasteiger partial charge in [-0.2, -0.15) is 16.8 Å². The number of hydrogen-bond acceptors (Lipinski definition) is 5. The van der Waals surface area contributed by atoms with Gasteiger partial charge >= 0.3 is 10.1 Å². The molecule has 0 saturated heterocycles. The molecule has 0 unspecified atom stereocenters. The van der Waals surface area contributed by atoms with E-state index in [1.807, 2.05) is 0 Å². The van der Waals surface area contributed by atoms with Crippen LogP contribution in [0.5, 0.6) is 5.75 Å². The minimum atomic E-state index is -4.00. The molecule has 0 amide bonds. The van der Waals surface area contributed by atoms with Crippen molar-refractivity contribution in [3.05, 3.63) is 29.8 Å². The molecule has 102 valence electrons. The first-order chi connectivity index (χ1) is 8.17. The Morgan fingerprint density at radius 1 is 1.17 bits per heavy atom. The normalized spacial score (nSPS) is 12.3. The van der Waals surface area contributed by atoms with Gasteiger partial charge in [0.05, 0.1) is 12.0 Å². The zero-order valence-electron chi connectivity index (χ0n) is 9.74. The smallest absolute Gasteiger partial charge is 0.306 e. The molecule has 1 N–H and O–H groups in total. The van der Waals surface area contributed by atoms with Crippen LogP contribution in [0.4, 0.5) is 0 Å². The van der Waals surface area contributed by atoms with Crippen LogP contribution in [0.15, 0.2) is 24.3 Å². The topological polar surface area (TPSA) is 97.7 Å². The van der Waals surface area contributed by atoms with Crippen molar-refractivity contribution in [1.82, 2.24) is 0 Å². The van der Waals surface area contributed by atoms with E-state index in [0.717, 1.165) is 6.26 Å². The quantitative estimate of drug-likeness (QED) is 0.617. The first kappa shape index (κ1) is 14.9. The summed E-state index contributed by atoms with van der Waals surface area (Å²) in [4.78, 5) is 0. The van der Waals surface area contributed by atoms with Crippen molar-refractivity contribution in [2.75, 3.05) is 12.0 Å². The highest BCUT2D eigenvalue weighted by atomic mass is 32.2. The van der Waals surface area contributed by atoms with Gasteiger partial charge in [-0.15, -0.1) is 0 Å². The predicted octanol–water partition coefficient (Wildman–Crippen LogP) is 0.845. The van der Waals surface area contributed by atoms with Gasteiger partial charge in [0.2, 0.25) is 0 Å². The maximum atomic E-state index is 11.0.